The molecule has 1 saturated carbocycles. The molecule has 1 N–H and O–H groups in total. The molecule has 4 nitrogen and oxygen atoms in total. The van der Waals surface area contributed by atoms with Gasteiger partial charge in [0.2, 0.25) is 0 Å². The number of ether oxygens (including phenoxy) is 1. The Morgan fingerprint density at radius 1 is 1.24 bits per heavy atom. The summed E-state index contributed by atoms with van der Waals surface area (Å²) in [6.07, 6.45) is 4.80. The molecule has 0 spiro atoms. The van der Waals surface area contributed by atoms with E-state index in [4.69, 9.17) is 4.74 Å². The van der Waals surface area contributed by atoms with Crippen molar-refractivity contribution in [3.8, 4) is 0 Å². The summed E-state index contributed by atoms with van der Waals surface area (Å²) < 4.78 is 5.85. The van der Waals surface area contributed by atoms with Crippen molar-refractivity contribution in [2.45, 2.75) is 37.8 Å². The fraction of sp³-hybridized carbons (Fsp3) is 0.471. The van der Waals surface area contributed by atoms with Crippen LogP contribution in [0.3, 0.4) is 0 Å². The second kappa shape index (κ2) is 5.19. The average Bonchev–Trinajstić information content (AvgIpc) is 2.97. The van der Waals surface area contributed by atoms with Crippen molar-refractivity contribution in [1.82, 2.24) is 9.88 Å². The van der Waals surface area contributed by atoms with E-state index in [0.717, 1.165) is 23.7 Å². The highest BCUT2D eigenvalue weighted by Gasteiger charge is 2.37. The van der Waals surface area contributed by atoms with Gasteiger partial charge in [-0.25, -0.2) is 0 Å². The molecule has 1 saturated heterocycles. The zero-order valence-electron chi connectivity index (χ0n) is 12.0. The highest BCUT2D eigenvalue weighted by Crippen LogP contribution is 2.29. The number of carbonyl (C=O) groups is 1. The molecule has 0 bridgehead atoms. The Bertz CT molecular complexity index is 629. The van der Waals surface area contributed by atoms with Gasteiger partial charge in [-0.1, -0.05) is 31.0 Å². The van der Waals surface area contributed by atoms with Crippen LogP contribution in [0.1, 0.15) is 36.2 Å². The standard InChI is InChI=1S/C17H20N2O2/c20-17(14-11-12-5-1-2-6-13(12)18-14)19-9-10-21-16-8-4-3-7-15(16)19/h1-2,5-6,11,15-16,18H,3-4,7-10H2/t15-,16+/m0/s1. The number of nitrogens with zero attached hydrogens (tertiary/aromatic N) is 1. The van der Waals surface area contributed by atoms with Crippen LogP contribution in [-0.4, -0.2) is 41.1 Å². The summed E-state index contributed by atoms with van der Waals surface area (Å²) in [6.45, 7) is 1.36. The summed E-state index contributed by atoms with van der Waals surface area (Å²) in [4.78, 5) is 18.1. The molecule has 1 aromatic carbocycles. The molecule has 0 radical (unpaired) electrons. The van der Waals surface area contributed by atoms with Crippen molar-refractivity contribution in [2.24, 2.45) is 0 Å². The number of para-hydroxylation sites is 1. The summed E-state index contributed by atoms with van der Waals surface area (Å²) in [5, 5.41) is 1.09. The van der Waals surface area contributed by atoms with E-state index in [9.17, 15) is 4.79 Å². The summed E-state index contributed by atoms with van der Waals surface area (Å²) in [5.74, 6) is 0.117. The number of carbonyl (C=O) groups excluding carboxylic acids is 1. The second-order valence-electron chi connectivity index (χ2n) is 6.03. The first-order valence-corrected chi connectivity index (χ1v) is 7.83. The minimum Gasteiger partial charge on any atom is -0.374 e. The highest BCUT2D eigenvalue weighted by molar-refractivity contribution is 5.98. The van der Waals surface area contributed by atoms with Crippen molar-refractivity contribution in [3.05, 3.63) is 36.0 Å². The molecule has 2 aromatic rings. The Morgan fingerprint density at radius 2 is 2.10 bits per heavy atom. The fourth-order valence-corrected chi connectivity index (χ4v) is 3.69. The molecule has 110 valence electrons. The Kier molecular flexibility index (Phi) is 3.19. The van der Waals surface area contributed by atoms with E-state index in [1.807, 2.05) is 35.2 Å². The summed E-state index contributed by atoms with van der Waals surface area (Å²) in [6, 6.07) is 10.2. The zero-order valence-corrected chi connectivity index (χ0v) is 12.0. The Hall–Kier alpha value is -1.81. The van der Waals surface area contributed by atoms with E-state index in [1.165, 1.54) is 12.8 Å². The topological polar surface area (TPSA) is 45.3 Å². The SMILES string of the molecule is O=C(c1cc2ccccc2[nH]1)N1CCO[C@@H]2CCCC[C@@H]21. The predicted molar refractivity (Wildman–Crippen MR) is 81.3 cm³/mol. The predicted octanol–water partition coefficient (Wildman–Crippen LogP) is 2.95. The molecule has 2 heterocycles. The van der Waals surface area contributed by atoms with Crippen molar-refractivity contribution >= 4 is 16.8 Å². The van der Waals surface area contributed by atoms with E-state index in [0.29, 0.717) is 18.8 Å². The number of hydrogen-bond acceptors (Lipinski definition) is 2. The molecule has 4 heteroatoms. The molecule has 2 atom stereocenters. The third-order valence-corrected chi connectivity index (χ3v) is 4.75. The van der Waals surface area contributed by atoms with Crippen LogP contribution < -0.4 is 0 Å². The average molecular weight is 284 g/mol. The van der Waals surface area contributed by atoms with E-state index < -0.39 is 0 Å². The number of nitrogens with one attached hydrogen (secondary N) is 1. The molecule has 1 aromatic heterocycles. The first kappa shape index (κ1) is 12.9. The smallest absolute Gasteiger partial charge is 0.270 e. The third-order valence-electron chi connectivity index (χ3n) is 4.75. The minimum absolute atomic E-state index is 0.117. The lowest BCUT2D eigenvalue weighted by molar-refractivity contribution is -0.0754. The number of amides is 1. The third kappa shape index (κ3) is 2.23. The van der Waals surface area contributed by atoms with Crippen molar-refractivity contribution in [3.63, 3.8) is 0 Å². The lowest BCUT2D eigenvalue weighted by Crippen LogP contribution is -2.54. The maximum atomic E-state index is 12.9. The number of fused-ring (bicyclic) bond motifs is 2. The molecule has 21 heavy (non-hydrogen) atoms. The monoisotopic (exact) mass is 284 g/mol. The van der Waals surface area contributed by atoms with Crippen LogP contribution in [-0.2, 0) is 4.74 Å². The lowest BCUT2D eigenvalue weighted by Gasteiger charge is -2.43. The van der Waals surface area contributed by atoms with Gasteiger partial charge < -0.3 is 14.6 Å². The molecule has 1 amide bonds. The lowest BCUT2D eigenvalue weighted by atomic mass is 9.90. The van der Waals surface area contributed by atoms with Crippen molar-refractivity contribution < 1.29 is 9.53 Å². The van der Waals surface area contributed by atoms with Crippen molar-refractivity contribution in [2.75, 3.05) is 13.2 Å². The van der Waals surface area contributed by atoms with Gasteiger partial charge in [-0.15, -0.1) is 0 Å². The summed E-state index contributed by atoms with van der Waals surface area (Å²) in [7, 11) is 0. The van der Waals surface area contributed by atoms with E-state index in [-0.39, 0.29) is 18.1 Å². The maximum Gasteiger partial charge on any atom is 0.270 e. The fourth-order valence-electron chi connectivity index (χ4n) is 3.69. The van der Waals surface area contributed by atoms with Gasteiger partial charge in [0.15, 0.2) is 0 Å². The zero-order chi connectivity index (χ0) is 14.2. The number of aromatic amines is 1. The van der Waals surface area contributed by atoms with Gasteiger partial charge in [0, 0.05) is 17.4 Å². The van der Waals surface area contributed by atoms with Gasteiger partial charge in [-0.3, -0.25) is 4.79 Å². The molecule has 4 rings (SSSR count). The largest absolute Gasteiger partial charge is 0.374 e. The van der Waals surface area contributed by atoms with Gasteiger partial charge in [0.05, 0.1) is 18.8 Å². The van der Waals surface area contributed by atoms with Gasteiger partial charge in [-0.05, 0) is 25.0 Å². The normalized spacial score (nSPS) is 25.8. The number of H-pyrrole nitrogens is 1. The van der Waals surface area contributed by atoms with Crippen LogP contribution in [0.2, 0.25) is 0 Å². The van der Waals surface area contributed by atoms with Crippen LogP contribution in [0.15, 0.2) is 30.3 Å². The Balaban J connectivity index is 1.63. The molecule has 2 aliphatic rings. The molecule has 2 fully saturated rings. The van der Waals surface area contributed by atoms with Crippen LogP contribution in [0.5, 0.6) is 0 Å². The summed E-state index contributed by atoms with van der Waals surface area (Å²) in [5.41, 5.74) is 1.72. The second-order valence-corrected chi connectivity index (χ2v) is 6.03. The number of hydrogen-bond donors (Lipinski definition) is 1. The number of benzene rings is 1. The molecule has 0 unspecified atom stereocenters. The number of aromatic nitrogens is 1. The van der Waals surface area contributed by atoms with Crippen molar-refractivity contribution in [1.29, 1.82) is 0 Å². The van der Waals surface area contributed by atoms with Gasteiger partial charge in [-0.2, -0.15) is 0 Å². The van der Waals surface area contributed by atoms with Gasteiger partial charge >= 0.3 is 0 Å². The van der Waals surface area contributed by atoms with Crippen LogP contribution in [0.25, 0.3) is 10.9 Å². The number of rotatable bonds is 1. The quantitative estimate of drug-likeness (QED) is 0.875. The van der Waals surface area contributed by atoms with Crippen LogP contribution in [0, 0.1) is 0 Å². The van der Waals surface area contributed by atoms with E-state index in [2.05, 4.69) is 4.98 Å². The summed E-state index contributed by atoms with van der Waals surface area (Å²) >= 11 is 0. The molecule has 1 aliphatic carbocycles. The number of morpholine rings is 1. The highest BCUT2D eigenvalue weighted by atomic mass is 16.5. The Morgan fingerprint density at radius 3 is 3.00 bits per heavy atom. The van der Waals surface area contributed by atoms with Gasteiger partial charge in [0.25, 0.3) is 5.91 Å². The van der Waals surface area contributed by atoms with E-state index in [1.54, 1.807) is 0 Å². The van der Waals surface area contributed by atoms with Crippen LogP contribution in [0.4, 0.5) is 0 Å². The molecular formula is C17H20N2O2. The minimum atomic E-state index is 0.117. The Labute approximate surface area is 124 Å². The molecule has 1 aliphatic heterocycles. The molecular weight excluding hydrogens is 264 g/mol. The first-order valence-electron chi connectivity index (χ1n) is 7.83. The van der Waals surface area contributed by atoms with E-state index >= 15 is 0 Å². The maximum absolute atomic E-state index is 12.9. The first-order chi connectivity index (χ1) is 10.3. The van der Waals surface area contributed by atoms with Gasteiger partial charge in [0.1, 0.15) is 5.69 Å². The van der Waals surface area contributed by atoms with Crippen LogP contribution >= 0.6 is 0 Å².